The van der Waals surface area contributed by atoms with Crippen molar-refractivity contribution in [2.45, 2.75) is 13.0 Å². The van der Waals surface area contributed by atoms with Crippen molar-refractivity contribution >= 4 is 27.6 Å². The van der Waals surface area contributed by atoms with Gasteiger partial charge in [-0.3, -0.25) is 0 Å². The smallest absolute Gasteiger partial charge is 0.282 e. The lowest BCUT2D eigenvalue weighted by molar-refractivity contribution is 0.313. The molecule has 2 rings (SSSR count). The van der Waals surface area contributed by atoms with Crippen LogP contribution in [0.3, 0.4) is 0 Å². The van der Waals surface area contributed by atoms with Gasteiger partial charge < -0.3 is 15.4 Å². The Kier molecular flexibility index (Phi) is 3.89. The van der Waals surface area contributed by atoms with Crippen molar-refractivity contribution in [1.29, 1.82) is 0 Å². The molecule has 0 saturated heterocycles. The molecule has 92 valence electrons. The first kappa shape index (κ1) is 12.2. The second-order valence-electron chi connectivity index (χ2n) is 3.95. The number of benzene rings is 1. The Bertz CT molecular complexity index is 422. The molecule has 1 aliphatic heterocycles. The molecule has 0 bridgehead atoms. The van der Waals surface area contributed by atoms with E-state index in [2.05, 4.69) is 44.9 Å². The zero-order valence-electron chi connectivity index (χ0n) is 9.77. The number of likely N-dealkylation sites (N-methyl/N-ethyl adjacent to an activating group) is 1. The fourth-order valence-corrected chi connectivity index (χ4v) is 2.26. The third-order valence-corrected chi connectivity index (χ3v) is 3.21. The van der Waals surface area contributed by atoms with Crippen molar-refractivity contribution in [3.05, 3.63) is 28.7 Å². The van der Waals surface area contributed by atoms with Crippen molar-refractivity contribution in [3.63, 3.8) is 0 Å². The second kappa shape index (κ2) is 5.40. The number of rotatable bonds is 4. The molecule has 2 N–H and O–H groups in total. The molecule has 1 aromatic carbocycles. The summed E-state index contributed by atoms with van der Waals surface area (Å²) in [6.07, 6.45) is 0. The zero-order chi connectivity index (χ0) is 12.3. The number of nitrogens with zero attached hydrogens (tertiary/aromatic N) is 2. The maximum atomic E-state index is 5.51. The van der Waals surface area contributed by atoms with Crippen LogP contribution in [0.2, 0.25) is 0 Å². The van der Waals surface area contributed by atoms with Gasteiger partial charge in [-0.2, -0.15) is 0 Å². The van der Waals surface area contributed by atoms with Gasteiger partial charge in [0.25, 0.3) is 6.02 Å². The summed E-state index contributed by atoms with van der Waals surface area (Å²) in [5.41, 5.74) is 6.69. The van der Waals surface area contributed by atoms with E-state index < -0.39 is 0 Å². The van der Waals surface area contributed by atoms with Crippen molar-refractivity contribution < 1.29 is 4.74 Å². The van der Waals surface area contributed by atoms with E-state index in [1.807, 2.05) is 12.1 Å². The Labute approximate surface area is 110 Å². The summed E-state index contributed by atoms with van der Waals surface area (Å²) >= 11 is 3.48. The van der Waals surface area contributed by atoms with Crippen LogP contribution in [-0.4, -0.2) is 31.8 Å². The lowest BCUT2D eigenvalue weighted by Crippen LogP contribution is -2.32. The van der Waals surface area contributed by atoms with E-state index in [-0.39, 0.29) is 6.04 Å². The number of halogens is 1. The Morgan fingerprint density at radius 3 is 3.00 bits per heavy atom. The zero-order valence-corrected chi connectivity index (χ0v) is 11.4. The average molecular weight is 298 g/mol. The number of aliphatic imine (C=N–C) groups is 1. The molecule has 0 saturated carbocycles. The minimum absolute atomic E-state index is 0.133. The fourth-order valence-electron chi connectivity index (χ4n) is 1.87. The van der Waals surface area contributed by atoms with Crippen LogP contribution in [0.25, 0.3) is 0 Å². The number of amidine groups is 1. The molecule has 0 radical (unpaired) electrons. The first-order chi connectivity index (χ1) is 8.19. The SMILES string of the molecule is CCN(C[C@H]1COC(N)=N1)c1cccc(Br)c1. The van der Waals surface area contributed by atoms with Crippen molar-refractivity contribution in [3.8, 4) is 0 Å². The first-order valence-electron chi connectivity index (χ1n) is 5.65. The molecule has 0 amide bonds. The molecule has 0 spiro atoms. The molecule has 1 atom stereocenters. The highest BCUT2D eigenvalue weighted by Gasteiger charge is 2.19. The molecule has 17 heavy (non-hydrogen) atoms. The number of hydrogen-bond acceptors (Lipinski definition) is 4. The summed E-state index contributed by atoms with van der Waals surface area (Å²) in [4.78, 5) is 6.51. The van der Waals surface area contributed by atoms with Gasteiger partial charge in [0.05, 0.1) is 0 Å². The number of hydrogen-bond donors (Lipinski definition) is 1. The molecular weight excluding hydrogens is 282 g/mol. The minimum atomic E-state index is 0.133. The summed E-state index contributed by atoms with van der Waals surface area (Å²) < 4.78 is 6.24. The summed E-state index contributed by atoms with van der Waals surface area (Å²) in [5, 5.41) is 0. The molecular formula is C12H16BrN3O. The summed E-state index contributed by atoms with van der Waals surface area (Å²) in [6, 6.07) is 8.69. The van der Waals surface area contributed by atoms with Gasteiger partial charge in [-0.1, -0.05) is 22.0 Å². The minimum Gasteiger partial charge on any atom is -0.463 e. The highest BCUT2D eigenvalue weighted by atomic mass is 79.9. The number of anilines is 1. The topological polar surface area (TPSA) is 50.9 Å². The quantitative estimate of drug-likeness (QED) is 0.925. The molecule has 0 unspecified atom stereocenters. The number of nitrogens with two attached hydrogens (primary N) is 1. The number of ether oxygens (including phenoxy) is 1. The molecule has 0 aliphatic carbocycles. The van der Waals surface area contributed by atoms with E-state index in [0.717, 1.165) is 17.6 Å². The lowest BCUT2D eigenvalue weighted by atomic mass is 10.2. The van der Waals surface area contributed by atoms with Crippen LogP contribution >= 0.6 is 15.9 Å². The molecule has 1 aliphatic rings. The van der Waals surface area contributed by atoms with E-state index in [9.17, 15) is 0 Å². The highest BCUT2D eigenvalue weighted by molar-refractivity contribution is 9.10. The standard InChI is InChI=1S/C12H16BrN3O/c1-2-16(7-10-8-17-12(14)15-10)11-5-3-4-9(13)6-11/h3-6,10H,2,7-8H2,1H3,(H2,14,15)/t10-/m0/s1. The third kappa shape index (κ3) is 3.12. The largest absolute Gasteiger partial charge is 0.463 e. The Hall–Kier alpha value is -1.23. The van der Waals surface area contributed by atoms with Crippen molar-refractivity contribution in [1.82, 2.24) is 0 Å². The molecule has 5 heteroatoms. The summed E-state index contributed by atoms with van der Waals surface area (Å²) in [7, 11) is 0. The van der Waals surface area contributed by atoms with E-state index in [4.69, 9.17) is 10.5 Å². The monoisotopic (exact) mass is 297 g/mol. The van der Waals surface area contributed by atoms with Gasteiger partial charge in [0.2, 0.25) is 0 Å². The van der Waals surface area contributed by atoms with Crippen LogP contribution in [0, 0.1) is 0 Å². The summed E-state index contributed by atoms with van der Waals surface area (Å²) in [6.45, 7) is 4.47. The van der Waals surface area contributed by atoms with Crippen LogP contribution in [0.4, 0.5) is 5.69 Å². The van der Waals surface area contributed by atoms with Crippen LogP contribution in [0.5, 0.6) is 0 Å². The molecule has 1 aromatic rings. The Morgan fingerprint density at radius 2 is 2.41 bits per heavy atom. The second-order valence-corrected chi connectivity index (χ2v) is 4.87. The average Bonchev–Trinajstić information content (AvgIpc) is 2.72. The molecule has 0 aromatic heterocycles. The van der Waals surface area contributed by atoms with Gasteiger partial charge >= 0.3 is 0 Å². The van der Waals surface area contributed by atoms with Crippen LogP contribution < -0.4 is 10.6 Å². The maximum absolute atomic E-state index is 5.51. The normalized spacial score (nSPS) is 18.7. The van der Waals surface area contributed by atoms with Gasteiger partial charge in [-0.25, -0.2) is 4.99 Å². The van der Waals surface area contributed by atoms with Gasteiger partial charge in [0.1, 0.15) is 12.6 Å². The predicted molar refractivity (Wildman–Crippen MR) is 73.4 cm³/mol. The third-order valence-electron chi connectivity index (χ3n) is 2.72. The summed E-state index contributed by atoms with van der Waals surface area (Å²) in [5.74, 6) is 0. The fraction of sp³-hybridized carbons (Fsp3) is 0.417. The highest BCUT2D eigenvalue weighted by Crippen LogP contribution is 2.20. The van der Waals surface area contributed by atoms with Gasteiger partial charge in [0, 0.05) is 23.2 Å². The van der Waals surface area contributed by atoms with Crippen molar-refractivity contribution in [2.75, 3.05) is 24.6 Å². The van der Waals surface area contributed by atoms with Gasteiger partial charge in [-0.15, -0.1) is 0 Å². The Balaban J connectivity index is 2.06. The van der Waals surface area contributed by atoms with Crippen LogP contribution in [0.15, 0.2) is 33.7 Å². The van der Waals surface area contributed by atoms with E-state index in [0.29, 0.717) is 12.6 Å². The Morgan fingerprint density at radius 1 is 1.59 bits per heavy atom. The molecule has 4 nitrogen and oxygen atoms in total. The van der Waals surface area contributed by atoms with Gasteiger partial charge in [-0.05, 0) is 25.1 Å². The van der Waals surface area contributed by atoms with Gasteiger partial charge in [0.15, 0.2) is 0 Å². The van der Waals surface area contributed by atoms with Crippen molar-refractivity contribution in [2.24, 2.45) is 10.7 Å². The van der Waals surface area contributed by atoms with E-state index in [1.54, 1.807) is 0 Å². The predicted octanol–water partition coefficient (Wildman–Crippen LogP) is 1.99. The molecule has 1 heterocycles. The first-order valence-corrected chi connectivity index (χ1v) is 6.45. The van der Waals surface area contributed by atoms with Crippen LogP contribution in [-0.2, 0) is 4.74 Å². The van der Waals surface area contributed by atoms with Crippen LogP contribution in [0.1, 0.15) is 6.92 Å². The maximum Gasteiger partial charge on any atom is 0.282 e. The molecule has 0 fully saturated rings. The van der Waals surface area contributed by atoms with E-state index in [1.165, 1.54) is 5.69 Å². The van der Waals surface area contributed by atoms with E-state index >= 15 is 0 Å². The lowest BCUT2D eigenvalue weighted by Gasteiger charge is -2.24.